The summed E-state index contributed by atoms with van der Waals surface area (Å²) >= 11 is 0. The molecule has 33 heavy (non-hydrogen) atoms. The first kappa shape index (κ1) is 18.5. The van der Waals surface area contributed by atoms with Gasteiger partial charge in [0.1, 0.15) is 0 Å². The molecule has 0 radical (unpaired) electrons. The lowest BCUT2D eigenvalue weighted by Gasteiger charge is -2.11. The Bertz CT molecular complexity index is 1660. The minimum atomic E-state index is 0.873. The van der Waals surface area contributed by atoms with Crippen LogP contribution in [-0.2, 0) is 13.0 Å². The van der Waals surface area contributed by atoms with Crippen LogP contribution in [0.5, 0.6) is 0 Å². The Kier molecular flexibility index (Phi) is 4.07. The first-order chi connectivity index (χ1) is 16.4. The van der Waals surface area contributed by atoms with E-state index in [0.29, 0.717) is 0 Å². The number of allylic oxidation sites excluding steroid dienone is 1. The standard InChI is InChI=1S/C31H24N2/c1-3-11-22(12-4-1)21-32-26-17-9-7-15-24(26)30-28(32)19-20-29-31(30)25-16-8-10-18-27(25)33(29)23-13-5-2-6-14-23/h1-7,9-15,17-20H,8,16,21H2. The highest BCUT2D eigenvalue weighted by molar-refractivity contribution is 6.22. The van der Waals surface area contributed by atoms with Gasteiger partial charge in [0, 0.05) is 39.6 Å². The zero-order chi connectivity index (χ0) is 21.8. The zero-order valence-electron chi connectivity index (χ0n) is 18.4. The minimum Gasteiger partial charge on any atom is -0.336 e. The van der Waals surface area contributed by atoms with Crippen molar-refractivity contribution in [3.05, 3.63) is 120 Å². The lowest BCUT2D eigenvalue weighted by Crippen LogP contribution is -2.00. The molecule has 0 unspecified atom stereocenters. The Morgan fingerprint density at radius 1 is 0.636 bits per heavy atom. The van der Waals surface area contributed by atoms with Crippen LogP contribution in [-0.4, -0.2) is 9.13 Å². The number of benzene rings is 4. The van der Waals surface area contributed by atoms with Crippen LogP contribution in [0.2, 0.25) is 0 Å². The van der Waals surface area contributed by atoms with E-state index in [1.807, 2.05) is 0 Å². The molecule has 6 aromatic rings. The van der Waals surface area contributed by atoms with Gasteiger partial charge in [0.05, 0.1) is 11.0 Å². The molecule has 0 fully saturated rings. The summed E-state index contributed by atoms with van der Waals surface area (Å²) in [5.41, 5.74) is 9.27. The van der Waals surface area contributed by atoms with Crippen LogP contribution >= 0.6 is 0 Å². The molecular formula is C31H24N2. The van der Waals surface area contributed by atoms with Crippen molar-refractivity contribution in [3.8, 4) is 5.69 Å². The third-order valence-corrected chi connectivity index (χ3v) is 7.04. The van der Waals surface area contributed by atoms with E-state index in [9.17, 15) is 0 Å². The second-order valence-electron chi connectivity index (χ2n) is 8.92. The molecule has 0 atom stereocenters. The molecule has 2 nitrogen and oxygen atoms in total. The van der Waals surface area contributed by atoms with Gasteiger partial charge in [-0.1, -0.05) is 72.8 Å². The van der Waals surface area contributed by atoms with Crippen LogP contribution in [0.1, 0.15) is 23.2 Å². The molecular weight excluding hydrogens is 400 g/mol. The van der Waals surface area contributed by atoms with Gasteiger partial charge in [-0.05, 0) is 60.4 Å². The summed E-state index contributed by atoms with van der Waals surface area (Å²) in [5.74, 6) is 0. The maximum Gasteiger partial charge on any atom is 0.0545 e. The van der Waals surface area contributed by atoms with Gasteiger partial charge in [-0.15, -0.1) is 0 Å². The SMILES string of the molecule is C1=Cc2c(c3c4c5ccccc5n(Cc5ccccc5)c4ccc3n2-c2ccccc2)CC1. The van der Waals surface area contributed by atoms with Gasteiger partial charge in [-0.3, -0.25) is 0 Å². The van der Waals surface area contributed by atoms with Gasteiger partial charge in [-0.25, -0.2) is 0 Å². The average molecular weight is 425 g/mol. The van der Waals surface area contributed by atoms with E-state index in [1.165, 1.54) is 55.2 Å². The Morgan fingerprint density at radius 3 is 2.21 bits per heavy atom. The topological polar surface area (TPSA) is 9.86 Å². The van der Waals surface area contributed by atoms with Crippen LogP contribution in [0.4, 0.5) is 0 Å². The number of nitrogens with zero attached hydrogens (tertiary/aromatic N) is 2. The quantitative estimate of drug-likeness (QED) is 0.275. The van der Waals surface area contributed by atoms with Gasteiger partial charge < -0.3 is 9.13 Å². The number of hydrogen-bond acceptors (Lipinski definition) is 0. The van der Waals surface area contributed by atoms with Crippen molar-refractivity contribution < 1.29 is 0 Å². The maximum atomic E-state index is 2.49. The van der Waals surface area contributed by atoms with E-state index in [2.05, 4.69) is 118 Å². The van der Waals surface area contributed by atoms with Crippen LogP contribution in [0.3, 0.4) is 0 Å². The first-order valence-corrected chi connectivity index (χ1v) is 11.7. The molecule has 2 heterocycles. The number of hydrogen-bond donors (Lipinski definition) is 0. The summed E-state index contributed by atoms with van der Waals surface area (Å²) in [6, 6.07) is 35.1. The number of rotatable bonds is 3. The highest BCUT2D eigenvalue weighted by atomic mass is 15.0. The number of aromatic nitrogens is 2. The van der Waals surface area contributed by atoms with Crippen LogP contribution < -0.4 is 0 Å². The number of fused-ring (bicyclic) bond motifs is 7. The van der Waals surface area contributed by atoms with E-state index >= 15 is 0 Å². The third-order valence-electron chi connectivity index (χ3n) is 7.04. The summed E-state index contributed by atoms with van der Waals surface area (Å²) in [6.07, 6.45) is 6.82. The van der Waals surface area contributed by atoms with Crippen molar-refractivity contribution in [2.24, 2.45) is 0 Å². The lowest BCUT2D eigenvalue weighted by atomic mass is 9.98. The Labute approximate surface area is 193 Å². The van der Waals surface area contributed by atoms with Crippen LogP contribution in [0.15, 0.2) is 103 Å². The number of aryl methyl sites for hydroxylation is 1. The van der Waals surface area contributed by atoms with Gasteiger partial charge in [-0.2, -0.15) is 0 Å². The van der Waals surface area contributed by atoms with Crippen molar-refractivity contribution in [2.75, 3.05) is 0 Å². The molecule has 2 aromatic heterocycles. The summed E-state index contributed by atoms with van der Waals surface area (Å²) < 4.78 is 4.94. The molecule has 7 rings (SSSR count). The van der Waals surface area contributed by atoms with E-state index in [0.717, 1.165) is 19.4 Å². The van der Waals surface area contributed by atoms with Gasteiger partial charge in [0.25, 0.3) is 0 Å². The third kappa shape index (κ3) is 2.74. The smallest absolute Gasteiger partial charge is 0.0545 e. The maximum absolute atomic E-state index is 2.49. The van der Waals surface area contributed by atoms with Crippen molar-refractivity contribution >= 4 is 38.8 Å². The zero-order valence-corrected chi connectivity index (χ0v) is 18.4. The molecule has 0 bridgehead atoms. The molecule has 0 saturated carbocycles. The van der Waals surface area contributed by atoms with E-state index in [-0.39, 0.29) is 0 Å². The predicted molar refractivity (Wildman–Crippen MR) is 139 cm³/mol. The largest absolute Gasteiger partial charge is 0.336 e. The monoisotopic (exact) mass is 424 g/mol. The highest BCUT2D eigenvalue weighted by Crippen LogP contribution is 2.42. The van der Waals surface area contributed by atoms with Gasteiger partial charge in [0.2, 0.25) is 0 Å². The van der Waals surface area contributed by atoms with Gasteiger partial charge in [0.15, 0.2) is 0 Å². The summed E-state index contributed by atoms with van der Waals surface area (Å²) in [4.78, 5) is 0. The molecule has 0 amide bonds. The van der Waals surface area contributed by atoms with E-state index in [1.54, 1.807) is 0 Å². The van der Waals surface area contributed by atoms with Crippen molar-refractivity contribution in [1.29, 1.82) is 0 Å². The fourth-order valence-electron chi connectivity index (χ4n) is 5.66. The summed E-state index contributed by atoms with van der Waals surface area (Å²) in [5, 5.41) is 4.15. The lowest BCUT2D eigenvalue weighted by molar-refractivity contribution is 0.869. The normalized spacial score (nSPS) is 13.2. The van der Waals surface area contributed by atoms with Crippen molar-refractivity contribution in [1.82, 2.24) is 9.13 Å². The van der Waals surface area contributed by atoms with E-state index < -0.39 is 0 Å². The predicted octanol–water partition coefficient (Wildman–Crippen LogP) is 7.75. The molecule has 1 aliphatic rings. The molecule has 158 valence electrons. The molecule has 1 aliphatic carbocycles. The second kappa shape index (κ2) is 7.25. The fourth-order valence-corrected chi connectivity index (χ4v) is 5.66. The molecule has 0 saturated heterocycles. The summed E-state index contributed by atoms with van der Waals surface area (Å²) in [6.45, 7) is 0.873. The van der Waals surface area contributed by atoms with Crippen molar-refractivity contribution in [2.45, 2.75) is 19.4 Å². The second-order valence-corrected chi connectivity index (χ2v) is 8.92. The highest BCUT2D eigenvalue weighted by Gasteiger charge is 2.23. The first-order valence-electron chi connectivity index (χ1n) is 11.7. The van der Waals surface area contributed by atoms with Gasteiger partial charge >= 0.3 is 0 Å². The number of para-hydroxylation sites is 2. The average Bonchev–Trinajstić information content (AvgIpc) is 3.38. The Balaban J connectivity index is 1.62. The molecule has 0 N–H and O–H groups in total. The molecule has 4 aromatic carbocycles. The summed E-state index contributed by atoms with van der Waals surface area (Å²) in [7, 11) is 0. The minimum absolute atomic E-state index is 0.873. The van der Waals surface area contributed by atoms with Crippen LogP contribution in [0, 0.1) is 0 Å². The molecule has 0 aliphatic heterocycles. The Hall–Kier alpha value is -4.04. The van der Waals surface area contributed by atoms with E-state index in [4.69, 9.17) is 0 Å². The Morgan fingerprint density at radius 2 is 1.36 bits per heavy atom. The fraction of sp³-hybridized carbons (Fsp3) is 0.0968. The molecule has 2 heteroatoms. The molecule has 0 spiro atoms. The van der Waals surface area contributed by atoms with Crippen LogP contribution in [0.25, 0.3) is 44.5 Å². The van der Waals surface area contributed by atoms with Crippen molar-refractivity contribution in [3.63, 3.8) is 0 Å².